The van der Waals surface area contributed by atoms with Crippen molar-refractivity contribution in [3.05, 3.63) is 12.3 Å². The topological polar surface area (TPSA) is 49.9 Å². The fourth-order valence-electron chi connectivity index (χ4n) is 6.43. The Kier molecular flexibility index (Phi) is 4.66. The van der Waals surface area contributed by atoms with Crippen molar-refractivity contribution in [1.82, 2.24) is 9.80 Å². The number of alkyl halides is 3. The second-order valence-corrected chi connectivity index (χ2v) is 9.21. The number of nitrogens with zero attached hydrogens (tertiary/aromatic N) is 2. The molecule has 156 valence electrons. The van der Waals surface area contributed by atoms with Crippen molar-refractivity contribution in [1.29, 1.82) is 0 Å². The van der Waals surface area contributed by atoms with E-state index in [-0.39, 0.29) is 24.3 Å². The number of hydrogen-bond acceptors (Lipinski definition) is 3. The van der Waals surface area contributed by atoms with Crippen LogP contribution in [0.3, 0.4) is 0 Å². The molecule has 2 unspecified atom stereocenters. The molecule has 2 amide bonds. The third-order valence-corrected chi connectivity index (χ3v) is 7.13. The van der Waals surface area contributed by atoms with Crippen LogP contribution in [0.25, 0.3) is 0 Å². The first-order valence-corrected chi connectivity index (χ1v) is 10.1. The van der Waals surface area contributed by atoms with E-state index in [1.165, 1.54) is 0 Å². The summed E-state index contributed by atoms with van der Waals surface area (Å²) < 4.78 is 44.7. The Balaban J connectivity index is 1.55. The lowest BCUT2D eigenvalue weighted by molar-refractivity contribution is -0.216. The third kappa shape index (κ3) is 3.39. The molecule has 5 fully saturated rings. The maximum atomic E-state index is 13.1. The Morgan fingerprint density at radius 3 is 2.32 bits per heavy atom. The maximum absolute atomic E-state index is 13.1. The van der Waals surface area contributed by atoms with E-state index in [0.29, 0.717) is 38.8 Å². The van der Waals surface area contributed by atoms with Crippen LogP contribution in [0.5, 0.6) is 0 Å². The van der Waals surface area contributed by atoms with Gasteiger partial charge >= 0.3 is 6.18 Å². The quantitative estimate of drug-likeness (QED) is 0.508. The Morgan fingerprint density at radius 2 is 1.79 bits per heavy atom. The average Bonchev–Trinajstić information content (AvgIpc) is 3.11. The van der Waals surface area contributed by atoms with Gasteiger partial charge in [0.05, 0.1) is 0 Å². The molecule has 1 aliphatic heterocycles. The van der Waals surface area contributed by atoms with E-state index in [1.54, 1.807) is 9.80 Å². The predicted molar refractivity (Wildman–Crippen MR) is 95.0 cm³/mol. The van der Waals surface area contributed by atoms with Crippen molar-refractivity contribution in [2.24, 2.45) is 11.8 Å². The predicted octanol–water partition coefficient (Wildman–Crippen LogP) is 3.25. The van der Waals surface area contributed by atoms with Gasteiger partial charge < -0.3 is 14.5 Å². The van der Waals surface area contributed by atoms with Crippen LogP contribution in [0.1, 0.15) is 51.4 Å². The van der Waals surface area contributed by atoms with Crippen molar-refractivity contribution >= 4 is 12.3 Å². The lowest BCUT2D eigenvalue weighted by Gasteiger charge is -2.63. The van der Waals surface area contributed by atoms with Crippen LogP contribution >= 0.6 is 0 Å². The molecule has 2 atom stereocenters. The molecule has 1 heterocycles. The van der Waals surface area contributed by atoms with Crippen molar-refractivity contribution in [2.45, 2.75) is 68.7 Å². The summed E-state index contributed by atoms with van der Waals surface area (Å²) in [6.45, 7) is 4.52. The van der Waals surface area contributed by atoms with Gasteiger partial charge in [-0.2, -0.15) is 13.2 Å². The molecule has 0 N–H and O–H groups in total. The molecule has 0 spiro atoms. The number of likely N-dealkylation sites (tertiary alicyclic amines) is 1. The van der Waals surface area contributed by atoms with Crippen molar-refractivity contribution in [2.75, 3.05) is 19.6 Å². The van der Waals surface area contributed by atoms with Crippen molar-refractivity contribution < 1.29 is 27.5 Å². The Hall–Kier alpha value is -1.73. The smallest absolute Gasteiger partial charge is 0.448 e. The highest BCUT2D eigenvalue weighted by Crippen LogP contribution is 2.61. The van der Waals surface area contributed by atoms with Crippen LogP contribution in [-0.2, 0) is 14.3 Å². The number of rotatable bonds is 6. The zero-order chi connectivity index (χ0) is 20.2. The van der Waals surface area contributed by atoms with Gasteiger partial charge in [-0.05, 0) is 56.8 Å². The Labute approximate surface area is 162 Å². The molecule has 4 saturated carbocycles. The van der Waals surface area contributed by atoms with Crippen LogP contribution < -0.4 is 0 Å². The number of carbonyl (C=O) groups excluding carboxylic acids is 2. The van der Waals surface area contributed by atoms with Crippen LogP contribution in [0.2, 0.25) is 0 Å². The molecule has 5 rings (SSSR count). The Morgan fingerprint density at radius 1 is 1.18 bits per heavy atom. The summed E-state index contributed by atoms with van der Waals surface area (Å²) in [5, 5.41) is 0. The average molecular weight is 400 g/mol. The van der Waals surface area contributed by atoms with Crippen molar-refractivity contribution in [3.63, 3.8) is 0 Å². The Bertz CT molecular complexity index is 658. The zero-order valence-electron chi connectivity index (χ0n) is 16.0. The fraction of sp³-hybridized carbons (Fsp3) is 0.800. The SMILES string of the molecule is C=C(OC12CC3CC(C1)CC(N(C=O)CC(=O)N1CCCC1)(C3)C2)C(F)(F)F. The van der Waals surface area contributed by atoms with Gasteiger partial charge in [-0.25, -0.2) is 0 Å². The second kappa shape index (κ2) is 6.66. The summed E-state index contributed by atoms with van der Waals surface area (Å²) in [5.41, 5.74) is -1.53. The number of halogens is 3. The van der Waals surface area contributed by atoms with E-state index < -0.39 is 23.1 Å². The molecule has 8 heteroatoms. The standard InChI is InChI=1S/C20H27F3N2O3/c1-14(20(21,22)23)28-19-9-15-6-16(10-19)8-18(7-15,12-19)25(13-26)11-17(27)24-4-2-3-5-24/h13,15-16H,1-12H2. The van der Waals surface area contributed by atoms with Crippen LogP contribution in [-0.4, -0.2) is 59.1 Å². The zero-order valence-corrected chi connectivity index (χ0v) is 16.0. The van der Waals surface area contributed by atoms with Crippen LogP contribution in [0.15, 0.2) is 12.3 Å². The lowest BCUT2D eigenvalue weighted by atomic mass is 9.50. The number of ether oxygens (including phenoxy) is 1. The number of carbonyl (C=O) groups is 2. The van der Waals surface area contributed by atoms with Gasteiger partial charge in [0.15, 0.2) is 5.76 Å². The molecular formula is C20H27F3N2O3. The molecule has 0 aromatic heterocycles. The van der Waals surface area contributed by atoms with Gasteiger partial charge in [-0.3, -0.25) is 9.59 Å². The summed E-state index contributed by atoms with van der Waals surface area (Å²) in [4.78, 5) is 27.9. The molecule has 0 radical (unpaired) electrons. The van der Waals surface area contributed by atoms with E-state index in [9.17, 15) is 22.8 Å². The van der Waals surface area contributed by atoms with E-state index in [1.807, 2.05) is 0 Å². The number of allylic oxidation sites excluding steroid dienone is 1. The number of amides is 2. The van der Waals surface area contributed by atoms with E-state index in [2.05, 4.69) is 6.58 Å². The van der Waals surface area contributed by atoms with E-state index >= 15 is 0 Å². The molecule has 28 heavy (non-hydrogen) atoms. The molecule has 5 aliphatic rings. The first-order valence-electron chi connectivity index (χ1n) is 10.1. The fourth-order valence-corrected chi connectivity index (χ4v) is 6.43. The number of hydrogen-bond donors (Lipinski definition) is 0. The summed E-state index contributed by atoms with van der Waals surface area (Å²) in [6, 6.07) is 0. The first kappa shape index (κ1) is 19.6. The van der Waals surface area contributed by atoms with Gasteiger partial charge in [0.1, 0.15) is 12.1 Å². The highest BCUT2D eigenvalue weighted by atomic mass is 19.4. The van der Waals surface area contributed by atoms with Gasteiger partial charge in [0, 0.05) is 25.0 Å². The highest BCUT2D eigenvalue weighted by molar-refractivity contribution is 5.80. The highest BCUT2D eigenvalue weighted by Gasteiger charge is 2.62. The molecule has 0 aromatic rings. The largest absolute Gasteiger partial charge is 0.483 e. The van der Waals surface area contributed by atoms with Crippen molar-refractivity contribution in [3.8, 4) is 0 Å². The minimum atomic E-state index is -4.59. The third-order valence-electron chi connectivity index (χ3n) is 7.13. The van der Waals surface area contributed by atoms with Gasteiger partial charge in [-0.15, -0.1) is 0 Å². The van der Waals surface area contributed by atoms with Gasteiger partial charge in [-0.1, -0.05) is 6.58 Å². The second-order valence-electron chi connectivity index (χ2n) is 9.21. The minimum Gasteiger partial charge on any atom is -0.483 e. The van der Waals surface area contributed by atoms with Gasteiger partial charge in [0.25, 0.3) is 0 Å². The molecule has 5 nitrogen and oxygen atoms in total. The lowest BCUT2D eigenvalue weighted by Crippen LogP contribution is -2.66. The van der Waals surface area contributed by atoms with Crippen LogP contribution in [0.4, 0.5) is 13.2 Å². The molecule has 4 bridgehead atoms. The minimum absolute atomic E-state index is 0.000757. The molecule has 4 aliphatic carbocycles. The summed E-state index contributed by atoms with van der Waals surface area (Å²) in [5.74, 6) is -0.802. The maximum Gasteiger partial charge on any atom is 0.448 e. The molecule has 0 aromatic carbocycles. The van der Waals surface area contributed by atoms with Crippen LogP contribution in [0, 0.1) is 11.8 Å². The summed E-state index contributed by atoms with van der Waals surface area (Å²) >= 11 is 0. The van der Waals surface area contributed by atoms with Gasteiger partial charge in [0.2, 0.25) is 12.3 Å². The first-order chi connectivity index (χ1) is 13.1. The summed E-state index contributed by atoms with van der Waals surface area (Å²) in [6.07, 6.45) is 1.96. The summed E-state index contributed by atoms with van der Waals surface area (Å²) in [7, 11) is 0. The molecule has 1 saturated heterocycles. The van der Waals surface area contributed by atoms with E-state index in [4.69, 9.17) is 4.74 Å². The normalized spacial score (nSPS) is 36.5. The molecular weight excluding hydrogens is 373 g/mol. The monoisotopic (exact) mass is 400 g/mol. The van der Waals surface area contributed by atoms with E-state index in [0.717, 1.165) is 32.1 Å².